The summed E-state index contributed by atoms with van der Waals surface area (Å²) in [6, 6.07) is 25.3. The highest BCUT2D eigenvalue weighted by molar-refractivity contribution is 5.94. The molecule has 2 atom stereocenters. The Labute approximate surface area is 207 Å². The lowest BCUT2D eigenvalue weighted by Gasteiger charge is -2.31. The summed E-state index contributed by atoms with van der Waals surface area (Å²) in [7, 11) is 0. The molecule has 182 valence electrons. The third kappa shape index (κ3) is 6.58. The smallest absolute Gasteiger partial charge is 0.320 e. The zero-order chi connectivity index (χ0) is 24.6. The molecule has 0 saturated heterocycles. The minimum absolute atomic E-state index is 0.110. The number of carbonyl (C=O) groups excluding carboxylic acids is 1. The van der Waals surface area contributed by atoms with Gasteiger partial charge < -0.3 is 16.2 Å². The summed E-state index contributed by atoms with van der Waals surface area (Å²) in [6.45, 7) is 0.597. The predicted molar refractivity (Wildman–Crippen MR) is 139 cm³/mol. The van der Waals surface area contributed by atoms with E-state index < -0.39 is 12.0 Å². The van der Waals surface area contributed by atoms with Gasteiger partial charge in [-0.2, -0.15) is 0 Å². The molecule has 1 aliphatic rings. The zero-order valence-electron chi connectivity index (χ0n) is 20.0. The summed E-state index contributed by atoms with van der Waals surface area (Å²) in [5.74, 6) is -0.304. The second-order valence-electron chi connectivity index (χ2n) is 9.55. The second kappa shape index (κ2) is 11.8. The first-order chi connectivity index (χ1) is 17.0. The highest BCUT2D eigenvalue weighted by Crippen LogP contribution is 2.36. The van der Waals surface area contributed by atoms with Crippen LogP contribution in [0.3, 0.4) is 0 Å². The molecule has 35 heavy (non-hydrogen) atoms. The van der Waals surface area contributed by atoms with Crippen LogP contribution in [0.1, 0.15) is 59.5 Å². The van der Waals surface area contributed by atoms with Gasteiger partial charge in [0.25, 0.3) is 5.91 Å². The Kier molecular flexibility index (Phi) is 8.32. The van der Waals surface area contributed by atoms with Crippen molar-refractivity contribution in [2.45, 2.75) is 50.5 Å². The molecule has 5 heteroatoms. The third-order valence-corrected chi connectivity index (χ3v) is 7.14. The van der Waals surface area contributed by atoms with Crippen LogP contribution in [0.4, 0.5) is 0 Å². The number of carboxylic acid groups (broad SMARTS) is 1. The third-order valence-electron chi connectivity index (χ3n) is 7.14. The maximum atomic E-state index is 12.9. The van der Waals surface area contributed by atoms with Crippen LogP contribution in [0.15, 0.2) is 78.9 Å². The van der Waals surface area contributed by atoms with Crippen LogP contribution in [-0.4, -0.2) is 29.6 Å². The number of aliphatic carboxylic acids is 1. The molecular formula is C30H34N2O3. The van der Waals surface area contributed by atoms with Crippen LogP contribution in [-0.2, 0) is 11.2 Å². The van der Waals surface area contributed by atoms with E-state index in [1.54, 1.807) is 24.3 Å². The van der Waals surface area contributed by atoms with Gasteiger partial charge in [0, 0.05) is 18.0 Å². The van der Waals surface area contributed by atoms with E-state index in [1.807, 2.05) is 6.07 Å². The van der Waals surface area contributed by atoms with Gasteiger partial charge in [-0.3, -0.25) is 9.59 Å². The van der Waals surface area contributed by atoms with E-state index in [0.717, 1.165) is 5.56 Å². The molecule has 4 rings (SSSR count). The average Bonchev–Trinajstić information content (AvgIpc) is 2.90. The molecule has 4 N–H and O–H groups in total. The van der Waals surface area contributed by atoms with E-state index >= 15 is 0 Å². The molecule has 0 spiro atoms. The van der Waals surface area contributed by atoms with Crippen molar-refractivity contribution in [3.05, 3.63) is 95.6 Å². The summed E-state index contributed by atoms with van der Waals surface area (Å²) in [6.07, 6.45) is 6.41. The van der Waals surface area contributed by atoms with Crippen LogP contribution in [0, 0.1) is 5.92 Å². The number of amides is 1. The lowest BCUT2D eigenvalue weighted by molar-refractivity contribution is -0.138. The van der Waals surface area contributed by atoms with Crippen LogP contribution in [0.25, 0.3) is 11.1 Å². The van der Waals surface area contributed by atoms with Crippen molar-refractivity contribution in [3.8, 4) is 11.1 Å². The van der Waals surface area contributed by atoms with Gasteiger partial charge in [-0.15, -0.1) is 0 Å². The highest BCUT2D eigenvalue weighted by Gasteiger charge is 2.26. The van der Waals surface area contributed by atoms with Crippen LogP contribution < -0.4 is 11.1 Å². The van der Waals surface area contributed by atoms with Gasteiger partial charge in [0.05, 0.1) is 0 Å². The fourth-order valence-corrected chi connectivity index (χ4v) is 5.08. The van der Waals surface area contributed by atoms with Gasteiger partial charge in [0.15, 0.2) is 0 Å². The number of benzene rings is 3. The summed E-state index contributed by atoms with van der Waals surface area (Å²) in [4.78, 5) is 23.9. The molecule has 0 aromatic heterocycles. The number of hydrogen-bond donors (Lipinski definition) is 3. The quantitative estimate of drug-likeness (QED) is 0.390. The summed E-state index contributed by atoms with van der Waals surface area (Å²) >= 11 is 0. The molecule has 1 fully saturated rings. The lowest BCUT2D eigenvalue weighted by atomic mass is 9.76. The van der Waals surface area contributed by atoms with E-state index in [4.69, 9.17) is 10.8 Å². The van der Waals surface area contributed by atoms with E-state index in [0.29, 0.717) is 18.0 Å². The molecule has 0 radical (unpaired) electrons. The lowest BCUT2D eigenvalue weighted by Crippen LogP contribution is -2.33. The van der Waals surface area contributed by atoms with Crippen molar-refractivity contribution in [2.24, 2.45) is 11.7 Å². The average molecular weight is 471 g/mol. The van der Waals surface area contributed by atoms with Crippen molar-refractivity contribution in [2.75, 3.05) is 6.54 Å². The molecule has 1 aliphatic carbocycles. The molecule has 1 amide bonds. The van der Waals surface area contributed by atoms with Crippen molar-refractivity contribution >= 4 is 11.9 Å². The topological polar surface area (TPSA) is 92.4 Å². The second-order valence-corrected chi connectivity index (χ2v) is 9.55. The number of rotatable bonds is 9. The van der Waals surface area contributed by atoms with Crippen LogP contribution in [0.2, 0.25) is 0 Å². The van der Waals surface area contributed by atoms with Crippen molar-refractivity contribution in [1.29, 1.82) is 0 Å². The van der Waals surface area contributed by atoms with Crippen LogP contribution >= 0.6 is 0 Å². The number of carboxylic acids is 1. The SMILES string of the molecule is NC(Cc1ccc(C(=O)NCC(c2ccc(-c3ccccc3)cc2)C2CCCCC2)cc1)C(=O)O. The molecule has 0 aliphatic heterocycles. The minimum Gasteiger partial charge on any atom is -0.480 e. The monoisotopic (exact) mass is 470 g/mol. The number of carbonyl (C=O) groups is 2. The fraction of sp³-hybridized carbons (Fsp3) is 0.333. The Balaban J connectivity index is 1.44. The van der Waals surface area contributed by atoms with Crippen molar-refractivity contribution in [3.63, 3.8) is 0 Å². The Hall–Kier alpha value is -3.44. The first-order valence-corrected chi connectivity index (χ1v) is 12.5. The largest absolute Gasteiger partial charge is 0.480 e. The first-order valence-electron chi connectivity index (χ1n) is 12.5. The van der Waals surface area contributed by atoms with E-state index in [9.17, 15) is 9.59 Å². The number of nitrogens with one attached hydrogen (secondary N) is 1. The summed E-state index contributed by atoms with van der Waals surface area (Å²) in [5.41, 5.74) is 10.7. The van der Waals surface area contributed by atoms with Gasteiger partial charge >= 0.3 is 5.97 Å². The maximum absolute atomic E-state index is 12.9. The Morgan fingerprint density at radius 3 is 2.11 bits per heavy atom. The highest BCUT2D eigenvalue weighted by atomic mass is 16.4. The Morgan fingerprint density at radius 2 is 1.49 bits per heavy atom. The maximum Gasteiger partial charge on any atom is 0.320 e. The zero-order valence-corrected chi connectivity index (χ0v) is 20.0. The first kappa shape index (κ1) is 24.7. The predicted octanol–water partition coefficient (Wildman–Crippen LogP) is 5.40. The van der Waals surface area contributed by atoms with Gasteiger partial charge in [-0.1, -0.05) is 86.0 Å². The van der Waals surface area contributed by atoms with Crippen molar-refractivity contribution in [1.82, 2.24) is 5.32 Å². The fourth-order valence-electron chi connectivity index (χ4n) is 5.08. The van der Waals surface area contributed by atoms with Crippen molar-refractivity contribution < 1.29 is 14.7 Å². The van der Waals surface area contributed by atoms with Gasteiger partial charge in [0.1, 0.15) is 6.04 Å². The number of nitrogens with two attached hydrogens (primary N) is 1. The summed E-state index contributed by atoms with van der Waals surface area (Å²) in [5, 5.41) is 12.2. The molecule has 0 heterocycles. The Bertz CT molecular complexity index is 1100. The van der Waals surface area contributed by atoms with Gasteiger partial charge in [-0.25, -0.2) is 0 Å². The molecule has 3 aromatic carbocycles. The van der Waals surface area contributed by atoms with E-state index in [2.05, 4.69) is 53.8 Å². The molecular weight excluding hydrogens is 436 g/mol. The standard InChI is InChI=1S/C30H34N2O3/c31-28(30(34)35)19-21-11-13-26(14-12-21)29(33)32-20-27(24-9-5-2-6-10-24)25-17-15-23(16-18-25)22-7-3-1-4-8-22/h1,3-4,7-8,11-18,24,27-28H,2,5-6,9-10,19-20,31H2,(H,32,33)(H,34,35). The molecule has 2 unspecified atom stereocenters. The minimum atomic E-state index is -1.03. The van der Waals surface area contributed by atoms with Gasteiger partial charge in [0.2, 0.25) is 0 Å². The number of hydrogen-bond acceptors (Lipinski definition) is 3. The summed E-state index contributed by atoms with van der Waals surface area (Å²) < 4.78 is 0. The molecule has 5 nitrogen and oxygen atoms in total. The molecule has 1 saturated carbocycles. The van der Waals surface area contributed by atoms with E-state index in [1.165, 1.54) is 48.8 Å². The normalized spacial score (nSPS) is 15.8. The van der Waals surface area contributed by atoms with Gasteiger partial charge in [-0.05, 0) is 59.6 Å². The molecule has 0 bridgehead atoms. The Morgan fingerprint density at radius 1 is 0.857 bits per heavy atom. The molecule has 3 aromatic rings. The van der Waals surface area contributed by atoms with E-state index in [-0.39, 0.29) is 18.2 Å². The van der Waals surface area contributed by atoms with Crippen LogP contribution in [0.5, 0.6) is 0 Å².